The van der Waals surface area contributed by atoms with Gasteiger partial charge in [-0.15, -0.1) is 0 Å². The van der Waals surface area contributed by atoms with Crippen LogP contribution < -0.4 is 11.1 Å². The van der Waals surface area contributed by atoms with Crippen molar-refractivity contribution in [3.05, 3.63) is 59.3 Å². The van der Waals surface area contributed by atoms with Crippen LogP contribution >= 0.6 is 0 Å². The fourth-order valence-corrected chi connectivity index (χ4v) is 1.57. The van der Waals surface area contributed by atoms with E-state index in [2.05, 4.69) is 16.4 Å². The number of nitrogens with two attached hydrogens (primary N) is 1. The van der Waals surface area contributed by atoms with E-state index >= 15 is 0 Å². The topological polar surface area (TPSA) is 91.8 Å². The van der Waals surface area contributed by atoms with Crippen LogP contribution in [0.25, 0.3) is 0 Å². The summed E-state index contributed by atoms with van der Waals surface area (Å²) in [6, 6.07) is 12.3. The van der Waals surface area contributed by atoms with E-state index in [1.54, 1.807) is 30.3 Å². The minimum absolute atomic E-state index is 0.227. The van der Waals surface area contributed by atoms with Gasteiger partial charge in [-0.25, -0.2) is 4.98 Å². The molecule has 1 aromatic carbocycles. The molecule has 0 aliphatic heterocycles. The number of nitriles is 1. The van der Waals surface area contributed by atoms with Crippen LogP contribution in [0.2, 0.25) is 0 Å². The van der Waals surface area contributed by atoms with E-state index in [0.717, 1.165) is 5.56 Å². The highest BCUT2D eigenvalue weighted by Crippen LogP contribution is 2.05. The minimum atomic E-state index is -0.227. The highest BCUT2D eigenvalue weighted by molar-refractivity contribution is 5.93. The number of nitrogens with one attached hydrogen (secondary N) is 1. The van der Waals surface area contributed by atoms with Gasteiger partial charge < -0.3 is 11.1 Å². The maximum atomic E-state index is 11.8. The normalized spacial score (nSPS) is 9.63. The Morgan fingerprint density at radius 1 is 1.37 bits per heavy atom. The summed E-state index contributed by atoms with van der Waals surface area (Å²) >= 11 is 0. The molecule has 2 rings (SSSR count). The van der Waals surface area contributed by atoms with Crippen LogP contribution in [-0.4, -0.2) is 10.9 Å². The van der Waals surface area contributed by atoms with Crippen LogP contribution in [0.4, 0.5) is 5.82 Å². The molecule has 0 radical (unpaired) electrons. The van der Waals surface area contributed by atoms with Crippen LogP contribution in [0.15, 0.2) is 42.6 Å². The summed E-state index contributed by atoms with van der Waals surface area (Å²) in [4.78, 5) is 15.7. The molecular formula is C14H12N4O. The molecule has 0 saturated heterocycles. The summed E-state index contributed by atoms with van der Waals surface area (Å²) in [6.45, 7) is 0.360. The number of hydrogen-bond donors (Lipinski definition) is 2. The van der Waals surface area contributed by atoms with Gasteiger partial charge in [0.05, 0.1) is 17.2 Å². The average Bonchev–Trinajstić information content (AvgIpc) is 2.46. The molecule has 5 heteroatoms. The second-order valence-electron chi connectivity index (χ2n) is 3.97. The van der Waals surface area contributed by atoms with E-state index in [0.29, 0.717) is 23.5 Å². The summed E-state index contributed by atoms with van der Waals surface area (Å²) < 4.78 is 0. The van der Waals surface area contributed by atoms with Gasteiger partial charge in [-0.05, 0) is 29.8 Å². The fraction of sp³-hybridized carbons (Fsp3) is 0.0714. The second kappa shape index (κ2) is 5.65. The van der Waals surface area contributed by atoms with E-state index < -0.39 is 0 Å². The van der Waals surface area contributed by atoms with E-state index in [9.17, 15) is 4.79 Å². The van der Waals surface area contributed by atoms with Gasteiger partial charge in [0.2, 0.25) is 0 Å². The Morgan fingerprint density at radius 2 is 2.21 bits per heavy atom. The lowest BCUT2D eigenvalue weighted by Crippen LogP contribution is -2.23. The molecular weight excluding hydrogens is 240 g/mol. The zero-order valence-corrected chi connectivity index (χ0v) is 10.1. The lowest BCUT2D eigenvalue weighted by atomic mass is 10.1. The van der Waals surface area contributed by atoms with E-state index in [-0.39, 0.29) is 5.91 Å². The Bertz CT molecular complexity index is 629. The first-order valence-electron chi connectivity index (χ1n) is 5.68. The first-order chi connectivity index (χ1) is 9.19. The first-order valence-corrected chi connectivity index (χ1v) is 5.68. The van der Waals surface area contributed by atoms with Crippen molar-refractivity contribution in [1.29, 1.82) is 5.26 Å². The van der Waals surface area contributed by atoms with Crippen LogP contribution in [0.5, 0.6) is 0 Å². The smallest absolute Gasteiger partial charge is 0.253 e. The molecule has 0 saturated carbocycles. The van der Waals surface area contributed by atoms with Crippen LogP contribution in [0.1, 0.15) is 21.5 Å². The highest BCUT2D eigenvalue weighted by atomic mass is 16.1. The van der Waals surface area contributed by atoms with Gasteiger partial charge in [-0.2, -0.15) is 5.26 Å². The average molecular weight is 252 g/mol. The third-order valence-corrected chi connectivity index (χ3v) is 2.56. The summed E-state index contributed by atoms with van der Waals surface area (Å²) in [5.41, 5.74) is 7.34. The summed E-state index contributed by atoms with van der Waals surface area (Å²) in [5, 5.41) is 11.5. The number of carbonyl (C=O) groups is 1. The molecule has 1 heterocycles. The number of aromatic nitrogens is 1. The first kappa shape index (κ1) is 12.6. The standard InChI is InChI=1S/C14H12N4O/c15-7-10-2-1-3-11(6-10)8-18-14(19)12-4-5-13(16)17-9-12/h1-6,9H,8H2,(H2,16,17)(H,18,19). The van der Waals surface area contributed by atoms with Crippen LogP contribution in [0, 0.1) is 11.3 Å². The minimum Gasteiger partial charge on any atom is -0.384 e. The van der Waals surface area contributed by atoms with Gasteiger partial charge >= 0.3 is 0 Å². The van der Waals surface area contributed by atoms with Crippen LogP contribution in [-0.2, 0) is 6.54 Å². The molecule has 2 aromatic rings. The monoisotopic (exact) mass is 252 g/mol. The number of amides is 1. The van der Waals surface area contributed by atoms with Crippen molar-refractivity contribution in [3.8, 4) is 6.07 Å². The van der Waals surface area contributed by atoms with Gasteiger partial charge in [0.25, 0.3) is 5.91 Å². The molecule has 0 aliphatic rings. The predicted octanol–water partition coefficient (Wildman–Crippen LogP) is 1.47. The Morgan fingerprint density at radius 3 is 2.89 bits per heavy atom. The van der Waals surface area contributed by atoms with Crippen molar-refractivity contribution in [2.45, 2.75) is 6.54 Å². The van der Waals surface area contributed by atoms with Crippen molar-refractivity contribution in [2.75, 3.05) is 5.73 Å². The van der Waals surface area contributed by atoms with Crippen molar-refractivity contribution >= 4 is 11.7 Å². The molecule has 0 unspecified atom stereocenters. The van der Waals surface area contributed by atoms with E-state index in [4.69, 9.17) is 11.0 Å². The molecule has 0 bridgehead atoms. The van der Waals surface area contributed by atoms with Crippen LogP contribution in [0.3, 0.4) is 0 Å². The summed E-state index contributed by atoms with van der Waals surface area (Å²) in [6.07, 6.45) is 1.43. The molecule has 1 amide bonds. The molecule has 0 aliphatic carbocycles. The molecule has 5 nitrogen and oxygen atoms in total. The number of nitrogens with zero attached hydrogens (tertiary/aromatic N) is 2. The number of anilines is 1. The van der Waals surface area contributed by atoms with E-state index in [1.165, 1.54) is 6.20 Å². The number of benzene rings is 1. The van der Waals surface area contributed by atoms with Crippen molar-refractivity contribution in [2.24, 2.45) is 0 Å². The SMILES string of the molecule is N#Cc1cccc(CNC(=O)c2ccc(N)nc2)c1. The molecule has 19 heavy (non-hydrogen) atoms. The summed E-state index contributed by atoms with van der Waals surface area (Å²) in [5.74, 6) is 0.146. The van der Waals surface area contributed by atoms with Gasteiger partial charge in [0.15, 0.2) is 0 Å². The van der Waals surface area contributed by atoms with Gasteiger partial charge in [0.1, 0.15) is 5.82 Å². The molecule has 94 valence electrons. The lowest BCUT2D eigenvalue weighted by molar-refractivity contribution is 0.0950. The maximum absolute atomic E-state index is 11.8. The molecule has 0 atom stereocenters. The number of nitrogen functional groups attached to an aromatic ring is 1. The maximum Gasteiger partial charge on any atom is 0.253 e. The molecule has 3 N–H and O–H groups in total. The Labute approximate surface area is 110 Å². The zero-order chi connectivity index (χ0) is 13.7. The number of carbonyl (C=O) groups excluding carboxylic acids is 1. The van der Waals surface area contributed by atoms with Gasteiger partial charge in [-0.1, -0.05) is 12.1 Å². The van der Waals surface area contributed by atoms with Crippen molar-refractivity contribution < 1.29 is 4.79 Å². The molecule has 0 spiro atoms. The zero-order valence-electron chi connectivity index (χ0n) is 10.1. The second-order valence-corrected chi connectivity index (χ2v) is 3.97. The third kappa shape index (κ3) is 3.30. The van der Waals surface area contributed by atoms with Crippen molar-refractivity contribution in [3.63, 3.8) is 0 Å². The molecule has 0 fully saturated rings. The third-order valence-electron chi connectivity index (χ3n) is 2.56. The van der Waals surface area contributed by atoms with Gasteiger partial charge in [0, 0.05) is 12.7 Å². The Hall–Kier alpha value is -2.87. The largest absolute Gasteiger partial charge is 0.384 e. The fourth-order valence-electron chi connectivity index (χ4n) is 1.57. The Kier molecular flexibility index (Phi) is 3.74. The van der Waals surface area contributed by atoms with E-state index in [1.807, 2.05) is 6.07 Å². The predicted molar refractivity (Wildman–Crippen MR) is 71.0 cm³/mol. The lowest BCUT2D eigenvalue weighted by Gasteiger charge is -2.05. The number of rotatable bonds is 3. The number of pyridine rings is 1. The Balaban J connectivity index is 2.00. The van der Waals surface area contributed by atoms with Gasteiger partial charge in [-0.3, -0.25) is 4.79 Å². The van der Waals surface area contributed by atoms with Crippen molar-refractivity contribution in [1.82, 2.24) is 10.3 Å². The molecule has 1 aromatic heterocycles. The quantitative estimate of drug-likeness (QED) is 0.865. The highest BCUT2D eigenvalue weighted by Gasteiger charge is 2.05. The number of hydrogen-bond acceptors (Lipinski definition) is 4. The summed E-state index contributed by atoms with van der Waals surface area (Å²) in [7, 11) is 0.